The topological polar surface area (TPSA) is 77.2 Å². The molecular formula is C14H17N3O3S. The molecule has 0 spiro atoms. The number of carbonyl (C=O) groups is 1. The van der Waals surface area contributed by atoms with Crippen molar-refractivity contribution in [2.24, 2.45) is 0 Å². The van der Waals surface area contributed by atoms with Crippen LogP contribution < -0.4 is 0 Å². The average molecular weight is 307 g/mol. The van der Waals surface area contributed by atoms with Gasteiger partial charge in [0.05, 0.1) is 5.75 Å². The van der Waals surface area contributed by atoms with Crippen molar-refractivity contribution in [1.82, 2.24) is 14.8 Å². The summed E-state index contributed by atoms with van der Waals surface area (Å²) >= 11 is 1.14. The number of thioether (sulfide) groups is 1. The first kappa shape index (κ1) is 15.5. The Hall–Kier alpha value is -1.86. The zero-order valence-electron chi connectivity index (χ0n) is 11.9. The fraction of sp³-hybridized carbons (Fsp3) is 0.357. The molecule has 0 saturated heterocycles. The van der Waals surface area contributed by atoms with Gasteiger partial charge < -0.3 is 9.84 Å². The molecule has 112 valence electrons. The van der Waals surface area contributed by atoms with Crippen LogP contribution in [0, 0.1) is 0 Å². The summed E-state index contributed by atoms with van der Waals surface area (Å²) in [6.07, 6.45) is 0.572. The normalized spacial score (nSPS) is 12.3. The Morgan fingerprint density at radius 3 is 2.67 bits per heavy atom. The highest BCUT2D eigenvalue weighted by atomic mass is 32.2. The number of aliphatic carboxylic acids is 1. The number of methoxy groups -OCH3 is 1. The van der Waals surface area contributed by atoms with E-state index in [9.17, 15) is 4.79 Å². The van der Waals surface area contributed by atoms with Gasteiger partial charge in [0.1, 0.15) is 6.10 Å². The minimum absolute atomic E-state index is 0.0608. The van der Waals surface area contributed by atoms with Crippen LogP contribution in [0.5, 0.6) is 0 Å². The Labute approximate surface area is 127 Å². The van der Waals surface area contributed by atoms with E-state index in [0.717, 1.165) is 23.9 Å². The van der Waals surface area contributed by atoms with Crippen LogP contribution in [-0.4, -0.2) is 38.7 Å². The molecule has 0 saturated carbocycles. The van der Waals surface area contributed by atoms with Crippen LogP contribution >= 0.6 is 11.8 Å². The van der Waals surface area contributed by atoms with Gasteiger partial charge in [-0.05, 0) is 18.6 Å². The van der Waals surface area contributed by atoms with Gasteiger partial charge in [0.2, 0.25) is 0 Å². The molecule has 6 nitrogen and oxygen atoms in total. The zero-order chi connectivity index (χ0) is 15.2. The molecule has 0 aliphatic rings. The maximum atomic E-state index is 10.8. The van der Waals surface area contributed by atoms with Gasteiger partial charge in [-0.1, -0.05) is 36.9 Å². The van der Waals surface area contributed by atoms with E-state index in [4.69, 9.17) is 9.84 Å². The molecule has 0 amide bonds. The smallest absolute Gasteiger partial charge is 0.313 e. The molecule has 1 aromatic heterocycles. The van der Waals surface area contributed by atoms with Crippen molar-refractivity contribution in [2.45, 2.75) is 24.6 Å². The third kappa shape index (κ3) is 3.62. The number of aromatic nitrogens is 3. The molecule has 21 heavy (non-hydrogen) atoms. The number of carboxylic acids is 1. The van der Waals surface area contributed by atoms with Crippen LogP contribution in [0.3, 0.4) is 0 Å². The molecule has 1 aromatic carbocycles. The van der Waals surface area contributed by atoms with Crippen molar-refractivity contribution < 1.29 is 14.6 Å². The molecule has 0 unspecified atom stereocenters. The predicted molar refractivity (Wildman–Crippen MR) is 79.8 cm³/mol. The molecule has 0 aliphatic carbocycles. The van der Waals surface area contributed by atoms with Gasteiger partial charge in [0.25, 0.3) is 0 Å². The average Bonchev–Trinajstić information content (AvgIpc) is 2.91. The van der Waals surface area contributed by atoms with Crippen molar-refractivity contribution in [1.29, 1.82) is 0 Å². The van der Waals surface area contributed by atoms with Crippen molar-refractivity contribution >= 4 is 17.7 Å². The van der Waals surface area contributed by atoms with Crippen LogP contribution in [0.2, 0.25) is 0 Å². The van der Waals surface area contributed by atoms with E-state index in [0.29, 0.717) is 11.0 Å². The van der Waals surface area contributed by atoms with Crippen molar-refractivity contribution in [3.63, 3.8) is 0 Å². The van der Waals surface area contributed by atoms with Gasteiger partial charge in [0, 0.05) is 12.8 Å². The molecule has 2 aromatic rings. The number of carboxylic acid groups (broad SMARTS) is 1. The van der Waals surface area contributed by atoms with Crippen molar-refractivity contribution in [2.75, 3.05) is 12.9 Å². The fourth-order valence-electron chi connectivity index (χ4n) is 1.98. The molecule has 1 N–H and O–H groups in total. The lowest BCUT2D eigenvalue weighted by molar-refractivity contribution is -0.133. The minimum atomic E-state index is -0.886. The van der Waals surface area contributed by atoms with E-state index in [1.165, 1.54) is 0 Å². The lowest BCUT2D eigenvalue weighted by Gasteiger charge is -2.15. The second kappa shape index (κ2) is 7.24. The Kier molecular flexibility index (Phi) is 5.35. The minimum Gasteiger partial charge on any atom is -0.481 e. The van der Waals surface area contributed by atoms with Crippen LogP contribution in [0.1, 0.15) is 25.3 Å². The Morgan fingerprint density at radius 1 is 1.38 bits per heavy atom. The molecule has 0 aliphatic heterocycles. The lowest BCUT2D eigenvalue weighted by Crippen LogP contribution is -2.10. The van der Waals surface area contributed by atoms with Gasteiger partial charge in [-0.25, -0.2) is 0 Å². The quantitative estimate of drug-likeness (QED) is 0.792. The molecule has 0 fully saturated rings. The number of para-hydroxylation sites is 1. The van der Waals surface area contributed by atoms with E-state index >= 15 is 0 Å². The first-order valence-corrected chi connectivity index (χ1v) is 7.54. The predicted octanol–water partition coefficient (Wildman–Crippen LogP) is 2.54. The Balaban J connectivity index is 2.45. The zero-order valence-corrected chi connectivity index (χ0v) is 12.7. The summed E-state index contributed by atoms with van der Waals surface area (Å²) in [6.45, 7) is 2.00. The molecular weight excluding hydrogens is 290 g/mol. The second-order valence-corrected chi connectivity index (χ2v) is 5.27. The van der Waals surface area contributed by atoms with E-state index in [1.807, 2.05) is 41.8 Å². The summed E-state index contributed by atoms with van der Waals surface area (Å²) < 4.78 is 7.29. The summed E-state index contributed by atoms with van der Waals surface area (Å²) in [5.41, 5.74) is 0.890. The monoisotopic (exact) mass is 307 g/mol. The van der Waals surface area contributed by atoms with Gasteiger partial charge in [0.15, 0.2) is 11.0 Å². The fourth-order valence-corrected chi connectivity index (χ4v) is 2.66. The number of nitrogens with zero attached hydrogens (tertiary/aromatic N) is 3. The van der Waals surface area contributed by atoms with Gasteiger partial charge in [-0.15, -0.1) is 10.2 Å². The molecule has 0 bridgehead atoms. The largest absolute Gasteiger partial charge is 0.481 e. The highest BCUT2D eigenvalue weighted by Crippen LogP contribution is 2.27. The SMILES string of the molecule is CC[C@H](OC)c1nnc(SCC(=O)O)n1-c1ccccc1. The number of rotatable bonds is 7. The second-order valence-electron chi connectivity index (χ2n) is 4.33. The maximum Gasteiger partial charge on any atom is 0.313 e. The third-order valence-electron chi connectivity index (χ3n) is 2.94. The number of benzene rings is 1. The Morgan fingerprint density at radius 2 is 2.10 bits per heavy atom. The maximum absolute atomic E-state index is 10.8. The Bertz CT molecular complexity index is 597. The summed E-state index contributed by atoms with van der Waals surface area (Å²) in [5.74, 6) is -0.267. The number of hydrogen-bond donors (Lipinski definition) is 1. The van der Waals surface area contributed by atoms with E-state index in [2.05, 4.69) is 10.2 Å². The van der Waals surface area contributed by atoms with Crippen LogP contribution in [0.15, 0.2) is 35.5 Å². The van der Waals surface area contributed by atoms with Crippen LogP contribution in [0.25, 0.3) is 5.69 Å². The number of ether oxygens (including phenoxy) is 1. The summed E-state index contributed by atoms with van der Waals surface area (Å²) in [5, 5.41) is 17.7. The summed E-state index contributed by atoms with van der Waals surface area (Å²) in [7, 11) is 1.63. The van der Waals surface area contributed by atoms with Crippen LogP contribution in [0.4, 0.5) is 0 Å². The summed E-state index contributed by atoms with van der Waals surface area (Å²) in [6, 6.07) is 9.61. The first-order chi connectivity index (χ1) is 10.2. The molecule has 1 heterocycles. The van der Waals surface area contributed by atoms with Crippen LogP contribution in [-0.2, 0) is 9.53 Å². The highest BCUT2D eigenvalue weighted by Gasteiger charge is 2.21. The van der Waals surface area contributed by atoms with Gasteiger partial charge in [-0.3, -0.25) is 9.36 Å². The highest BCUT2D eigenvalue weighted by molar-refractivity contribution is 7.99. The third-order valence-corrected chi connectivity index (χ3v) is 3.85. The lowest BCUT2D eigenvalue weighted by atomic mass is 10.2. The van der Waals surface area contributed by atoms with Gasteiger partial charge >= 0.3 is 5.97 Å². The van der Waals surface area contributed by atoms with Crippen molar-refractivity contribution in [3.8, 4) is 5.69 Å². The van der Waals surface area contributed by atoms with E-state index in [-0.39, 0.29) is 11.9 Å². The molecule has 2 rings (SSSR count). The summed E-state index contributed by atoms with van der Waals surface area (Å²) in [4.78, 5) is 10.8. The molecule has 0 radical (unpaired) electrons. The molecule has 7 heteroatoms. The van der Waals surface area contributed by atoms with Crippen molar-refractivity contribution in [3.05, 3.63) is 36.2 Å². The standard InChI is InChI=1S/C14H17N3O3S/c1-3-11(20-2)13-15-16-14(21-9-12(18)19)17(13)10-7-5-4-6-8-10/h4-8,11H,3,9H2,1-2H3,(H,18,19)/t11-/m0/s1. The first-order valence-electron chi connectivity index (χ1n) is 6.55. The van der Waals surface area contributed by atoms with E-state index in [1.54, 1.807) is 7.11 Å². The van der Waals surface area contributed by atoms with E-state index < -0.39 is 5.97 Å². The van der Waals surface area contributed by atoms with Gasteiger partial charge in [-0.2, -0.15) is 0 Å². The molecule has 1 atom stereocenters. The number of hydrogen-bond acceptors (Lipinski definition) is 5.